The van der Waals surface area contributed by atoms with Crippen molar-refractivity contribution in [3.63, 3.8) is 0 Å². The highest BCUT2D eigenvalue weighted by atomic mass is 15.2. The Labute approximate surface area is 74.1 Å². The van der Waals surface area contributed by atoms with E-state index in [0.717, 1.165) is 30.2 Å². The molecular formula is C10H18N2. The zero-order chi connectivity index (χ0) is 8.13. The van der Waals surface area contributed by atoms with Crippen molar-refractivity contribution in [1.29, 1.82) is 0 Å². The molecule has 3 unspecified atom stereocenters. The largest absolute Gasteiger partial charge is 0.330 e. The van der Waals surface area contributed by atoms with E-state index >= 15 is 0 Å². The van der Waals surface area contributed by atoms with Gasteiger partial charge in [0.15, 0.2) is 0 Å². The molecular weight excluding hydrogens is 148 g/mol. The van der Waals surface area contributed by atoms with Crippen LogP contribution in [0, 0.1) is 23.7 Å². The fourth-order valence-electron chi connectivity index (χ4n) is 3.89. The number of rotatable bonds is 1. The third-order valence-electron chi connectivity index (χ3n) is 4.26. The molecule has 1 saturated carbocycles. The van der Waals surface area contributed by atoms with E-state index in [1.807, 2.05) is 0 Å². The van der Waals surface area contributed by atoms with Crippen molar-refractivity contribution < 1.29 is 0 Å². The molecule has 2 nitrogen and oxygen atoms in total. The summed E-state index contributed by atoms with van der Waals surface area (Å²) < 4.78 is 0. The molecule has 4 bridgehead atoms. The first-order valence-electron chi connectivity index (χ1n) is 5.29. The molecule has 0 spiro atoms. The topological polar surface area (TPSA) is 29.3 Å². The zero-order valence-electron chi connectivity index (χ0n) is 7.58. The van der Waals surface area contributed by atoms with Crippen LogP contribution in [-0.4, -0.2) is 31.1 Å². The first-order chi connectivity index (χ1) is 5.86. The van der Waals surface area contributed by atoms with Crippen LogP contribution in [0.2, 0.25) is 0 Å². The van der Waals surface area contributed by atoms with Crippen molar-refractivity contribution in [3.05, 3.63) is 0 Å². The van der Waals surface area contributed by atoms with E-state index in [-0.39, 0.29) is 0 Å². The Morgan fingerprint density at radius 2 is 1.75 bits per heavy atom. The van der Waals surface area contributed by atoms with Crippen LogP contribution >= 0.6 is 0 Å². The Balaban J connectivity index is 1.86. The first kappa shape index (κ1) is 7.34. The summed E-state index contributed by atoms with van der Waals surface area (Å²) in [6.45, 7) is 5.05. The van der Waals surface area contributed by atoms with Gasteiger partial charge in [0, 0.05) is 19.6 Å². The van der Waals surface area contributed by atoms with E-state index in [1.165, 1.54) is 32.5 Å². The monoisotopic (exact) mass is 166 g/mol. The Bertz CT molecular complexity index is 162. The first-order valence-corrected chi connectivity index (χ1v) is 5.29. The van der Waals surface area contributed by atoms with Gasteiger partial charge in [-0.25, -0.2) is 0 Å². The van der Waals surface area contributed by atoms with Gasteiger partial charge in [0.25, 0.3) is 0 Å². The summed E-state index contributed by atoms with van der Waals surface area (Å²) in [6.07, 6.45) is 2.96. The molecule has 0 amide bonds. The minimum Gasteiger partial charge on any atom is -0.330 e. The molecule has 2 heteroatoms. The minimum atomic E-state index is 0.873. The quantitative estimate of drug-likeness (QED) is 0.616. The van der Waals surface area contributed by atoms with E-state index in [4.69, 9.17) is 5.73 Å². The molecule has 4 aliphatic rings. The van der Waals surface area contributed by atoms with Crippen molar-refractivity contribution in [2.45, 2.75) is 12.8 Å². The molecule has 3 aliphatic heterocycles. The van der Waals surface area contributed by atoms with Crippen LogP contribution in [0.1, 0.15) is 12.8 Å². The maximum absolute atomic E-state index is 5.84. The Morgan fingerprint density at radius 1 is 1.08 bits per heavy atom. The van der Waals surface area contributed by atoms with Gasteiger partial charge in [-0.1, -0.05) is 0 Å². The van der Waals surface area contributed by atoms with Gasteiger partial charge in [0.2, 0.25) is 0 Å². The Hall–Kier alpha value is -0.0800. The van der Waals surface area contributed by atoms with Gasteiger partial charge < -0.3 is 10.6 Å². The van der Waals surface area contributed by atoms with Crippen LogP contribution in [-0.2, 0) is 0 Å². The fraction of sp³-hybridized carbons (Fsp3) is 1.00. The van der Waals surface area contributed by atoms with Crippen molar-refractivity contribution in [3.8, 4) is 0 Å². The van der Waals surface area contributed by atoms with Gasteiger partial charge >= 0.3 is 0 Å². The van der Waals surface area contributed by atoms with Crippen molar-refractivity contribution >= 4 is 0 Å². The normalized spacial score (nSPS) is 56.2. The molecule has 4 fully saturated rings. The SMILES string of the molecule is NCC1[C@@H]2CC3C[C@H]1CN(C3)C2. The second-order valence-electron chi connectivity index (χ2n) is 4.98. The highest BCUT2D eigenvalue weighted by Gasteiger charge is 2.46. The van der Waals surface area contributed by atoms with Gasteiger partial charge in [0.05, 0.1) is 0 Å². The predicted molar refractivity (Wildman–Crippen MR) is 48.7 cm³/mol. The predicted octanol–water partition coefficient (Wildman–Crippen LogP) is 0.533. The lowest BCUT2D eigenvalue weighted by Crippen LogP contribution is -2.59. The van der Waals surface area contributed by atoms with Crippen LogP contribution < -0.4 is 5.73 Å². The summed E-state index contributed by atoms with van der Waals surface area (Å²) in [7, 11) is 0. The van der Waals surface area contributed by atoms with E-state index in [1.54, 1.807) is 0 Å². The number of piperidine rings is 3. The molecule has 2 N–H and O–H groups in total. The third-order valence-corrected chi connectivity index (χ3v) is 4.26. The smallest absolute Gasteiger partial charge is 0.00132 e. The van der Waals surface area contributed by atoms with E-state index in [9.17, 15) is 0 Å². The van der Waals surface area contributed by atoms with Crippen molar-refractivity contribution in [2.24, 2.45) is 29.4 Å². The molecule has 68 valence electrons. The molecule has 5 atom stereocenters. The van der Waals surface area contributed by atoms with Crippen LogP contribution in [0.5, 0.6) is 0 Å². The van der Waals surface area contributed by atoms with E-state index < -0.39 is 0 Å². The van der Waals surface area contributed by atoms with Gasteiger partial charge in [0.1, 0.15) is 0 Å². The zero-order valence-corrected chi connectivity index (χ0v) is 7.58. The number of nitrogens with two attached hydrogens (primary N) is 1. The standard InChI is InChI=1S/C10H18N2/c11-3-10-8-1-7-2-9(10)6-12(4-7)5-8/h7-10H,1-6,11H2/t7?,8-,9+,10?. The summed E-state index contributed by atoms with van der Waals surface area (Å²) in [5.41, 5.74) is 5.84. The molecule has 4 rings (SSSR count). The summed E-state index contributed by atoms with van der Waals surface area (Å²) in [4.78, 5) is 2.67. The van der Waals surface area contributed by atoms with E-state index in [0.29, 0.717) is 0 Å². The van der Waals surface area contributed by atoms with Crippen molar-refractivity contribution in [2.75, 3.05) is 26.2 Å². The molecule has 0 aromatic carbocycles. The molecule has 0 aromatic rings. The third kappa shape index (κ3) is 0.882. The van der Waals surface area contributed by atoms with Crippen molar-refractivity contribution in [1.82, 2.24) is 4.90 Å². The van der Waals surface area contributed by atoms with Gasteiger partial charge in [-0.05, 0) is 43.1 Å². The summed E-state index contributed by atoms with van der Waals surface area (Å²) >= 11 is 0. The molecule has 0 radical (unpaired) electrons. The average molecular weight is 166 g/mol. The lowest BCUT2D eigenvalue weighted by atomic mass is 9.62. The summed E-state index contributed by atoms with van der Waals surface area (Å²) in [5.74, 6) is 3.82. The van der Waals surface area contributed by atoms with Crippen LogP contribution in [0.4, 0.5) is 0 Å². The number of hydrogen-bond acceptors (Lipinski definition) is 2. The fourth-order valence-corrected chi connectivity index (χ4v) is 3.89. The van der Waals surface area contributed by atoms with Crippen LogP contribution in [0.3, 0.4) is 0 Å². The summed E-state index contributed by atoms with van der Waals surface area (Å²) in [5, 5.41) is 0. The second-order valence-corrected chi connectivity index (χ2v) is 4.98. The second kappa shape index (κ2) is 2.46. The van der Waals surface area contributed by atoms with E-state index in [2.05, 4.69) is 4.90 Å². The highest BCUT2D eigenvalue weighted by Crippen LogP contribution is 2.46. The molecule has 0 aromatic heterocycles. The number of hydrogen-bond donors (Lipinski definition) is 1. The van der Waals surface area contributed by atoms with Gasteiger partial charge in [-0.2, -0.15) is 0 Å². The van der Waals surface area contributed by atoms with Gasteiger partial charge in [-0.3, -0.25) is 0 Å². The lowest BCUT2D eigenvalue weighted by molar-refractivity contribution is -0.0605. The average Bonchev–Trinajstić information content (AvgIpc) is 2.02. The minimum absolute atomic E-state index is 0.873. The maximum Gasteiger partial charge on any atom is 0.00132 e. The lowest BCUT2D eigenvalue weighted by Gasteiger charge is -2.55. The summed E-state index contributed by atoms with van der Waals surface area (Å²) in [6, 6.07) is 0. The Morgan fingerprint density at radius 3 is 2.25 bits per heavy atom. The molecule has 3 saturated heterocycles. The van der Waals surface area contributed by atoms with Gasteiger partial charge in [-0.15, -0.1) is 0 Å². The highest BCUT2D eigenvalue weighted by molar-refractivity contribution is 4.98. The maximum atomic E-state index is 5.84. The van der Waals surface area contributed by atoms with Crippen LogP contribution in [0.25, 0.3) is 0 Å². The molecule has 12 heavy (non-hydrogen) atoms. The Kier molecular flexibility index (Phi) is 1.50. The molecule has 3 heterocycles. The molecule has 1 aliphatic carbocycles. The number of nitrogens with zero attached hydrogens (tertiary/aromatic N) is 1. The van der Waals surface area contributed by atoms with Crippen LogP contribution in [0.15, 0.2) is 0 Å².